The Morgan fingerprint density at radius 3 is 2.25 bits per heavy atom. The van der Waals surface area contributed by atoms with Gasteiger partial charge >= 0.3 is 0 Å². The molecule has 20 heavy (non-hydrogen) atoms. The lowest BCUT2D eigenvalue weighted by Gasteiger charge is -2.20. The molecule has 0 bridgehead atoms. The number of carbonyl (C=O) groups is 2. The maximum atomic E-state index is 11.9. The van der Waals surface area contributed by atoms with Crippen LogP contribution in [0.2, 0.25) is 0 Å². The predicted molar refractivity (Wildman–Crippen MR) is 83.5 cm³/mol. The van der Waals surface area contributed by atoms with E-state index in [0.29, 0.717) is 12.8 Å². The highest BCUT2D eigenvalue weighted by Crippen LogP contribution is 2.23. The monoisotopic (exact) mass is 272 g/mol. The van der Waals surface area contributed by atoms with Crippen LogP contribution in [0.5, 0.6) is 0 Å². The van der Waals surface area contributed by atoms with Crippen molar-refractivity contribution in [2.24, 2.45) is 5.41 Å². The third kappa shape index (κ3) is 5.12. The highest BCUT2D eigenvalue weighted by molar-refractivity contribution is 5.96. The molecule has 108 valence electrons. The van der Waals surface area contributed by atoms with E-state index in [1.165, 1.54) is 5.56 Å². The van der Waals surface area contributed by atoms with E-state index in [-0.39, 0.29) is 17.0 Å². The first-order valence-electron chi connectivity index (χ1n) is 7.16. The van der Waals surface area contributed by atoms with Crippen LogP contribution in [0.15, 0.2) is 30.3 Å². The topological polar surface area (TPSA) is 34.1 Å². The van der Waals surface area contributed by atoms with Crippen LogP contribution in [0.25, 0.3) is 6.08 Å². The average Bonchev–Trinajstić information content (AvgIpc) is 2.44. The van der Waals surface area contributed by atoms with Gasteiger partial charge in [-0.15, -0.1) is 0 Å². The summed E-state index contributed by atoms with van der Waals surface area (Å²) in [5.74, 6) is 0.169. The lowest BCUT2D eigenvalue weighted by molar-refractivity contribution is -0.129. The van der Waals surface area contributed by atoms with Gasteiger partial charge in [0.05, 0.1) is 0 Å². The number of ketones is 2. The zero-order valence-electron chi connectivity index (χ0n) is 12.9. The second kappa shape index (κ2) is 7.18. The van der Waals surface area contributed by atoms with Crippen molar-refractivity contribution in [1.29, 1.82) is 0 Å². The van der Waals surface area contributed by atoms with Crippen LogP contribution in [0, 0.1) is 12.3 Å². The third-order valence-electron chi connectivity index (χ3n) is 3.78. The lowest BCUT2D eigenvalue weighted by Crippen LogP contribution is -2.23. The maximum Gasteiger partial charge on any atom is 0.156 e. The molecule has 0 aliphatic heterocycles. The fourth-order valence-corrected chi connectivity index (χ4v) is 1.72. The number of aryl methyl sites for hydroxylation is 1. The molecule has 2 heteroatoms. The van der Waals surface area contributed by atoms with Gasteiger partial charge in [-0.1, -0.05) is 56.7 Å². The molecule has 1 aromatic rings. The summed E-state index contributed by atoms with van der Waals surface area (Å²) in [5, 5.41) is 0. The molecule has 0 spiro atoms. The van der Waals surface area contributed by atoms with Crippen molar-refractivity contribution in [3.05, 3.63) is 41.5 Å². The molecule has 0 unspecified atom stereocenters. The number of hydrogen-bond acceptors (Lipinski definition) is 2. The fourth-order valence-electron chi connectivity index (χ4n) is 1.72. The van der Waals surface area contributed by atoms with Crippen LogP contribution < -0.4 is 0 Å². The highest BCUT2D eigenvalue weighted by Gasteiger charge is 2.24. The van der Waals surface area contributed by atoms with E-state index in [4.69, 9.17) is 0 Å². The highest BCUT2D eigenvalue weighted by atomic mass is 16.1. The molecular weight excluding hydrogens is 248 g/mol. The largest absolute Gasteiger partial charge is 0.299 e. The van der Waals surface area contributed by atoms with Gasteiger partial charge < -0.3 is 0 Å². The Morgan fingerprint density at radius 1 is 1.10 bits per heavy atom. The number of rotatable bonds is 7. The Kier molecular flexibility index (Phi) is 5.87. The van der Waals surface area contributed by atoms with Crippen molar-refractivity contribution in [1.82, 2.24) is 0 Å². The summed E-state index contributed by atoms with van der Waals surface area (Å²) in [6.45, 7) is 7.89. The first-order chi connectivity index (χ1) is 9.35. The van der Waals surface area contributed by atoms with E-state index in [9.17, 15) is 9.59 Å². The minimum atomic E-state index is -0.319. The Balaban J connectivity index is 2.48. The molecule has 0 radical (unpaired) electrons. The van der Waals surface area contributed by atoms with Crippen molar-refractivity contribution in [2.45, 2.75) is 47.0 Å². The van der Waals surface area contributed by atoms with E-state index < -0.39 is 0 Å². The van der Waals surface area contributed by atoms with Gasteiger partial charge in [-0.05, 0) is 25.0 Å². The van der Waals surface area contributed by atoms with Gasteiger partial charge in [-0.3, -0.25) is 9.59 Å². The standard InChI is InChI=1S/C18H24O2/c1-5-18(3,4)17(20)13-12-16(19)11-10-15-8-6-14(2)7-9-15/h6-11H,5,12-13H2,1-4H3/b11-10+. The van der Waals surface area contributed by atoms with E-state index in [1.54, 1.807) is 12.2 Å². The molecule has 0 aliphatic carbocycles. The van der Waals surface area contributed by atoms with Crippen molar-refractivity contribution in [3.8, 4) is 0 Å². The third-order valence-corrected chi connectivity index (χ3v) is 3.78. The summed E-state index contributed by atoms with van der Waals surface area (Å²) in [6, 6.07) is 7.98. The molecule has 0 heterocycles. The first-order valence-corrected chi connectivity index (χ1v) is 7.16. The van der Waals surface area contributed by atoms with E-state index in [0.717, 1.165) is 12.0 Å². The van der Waals surface area contributed by atoms with Gasteiger partial charge in [0, 0.05) is 18.3 Å². The zero-order chi connectivity index (χ0) is 15.2. The molecule has 0 atom stereocenters. The summed E-state index contributed by atoms with van der Waals surface area (Å²) in [5.41, 5.74) is 1.88. The Morgan fingerprint density at radius 2 is 1.70 bits per heavy atom. The van der Waals surface area contributed by atoms with Gasteiger partial charge in [0.25, 0.3) is 0 Å². The van der Waals surface area contributed by atoms with Crippen molar-refractivity contribution in [3.63, 3.8) is 0 Å². The average molecular weight is 272 g/mol. The number of Topliss-reactive ketones (excluding diaryl/α,β-unsaturated/α-hetero) is 1. The van der Waals surface area contributed by atoms with Gasteiger partial charge in [-0.2, -0.15) is 0 Å². The second-order valence-electron chi connectivity index (χ2n) is 5.87. The van der Waals surface area contributed by atoms with Gasteiger partial charge in [-0.25, -0.2) is 0 Å². The smallest absolute Gasteiger partial charge is 0.156 e. The van der Waals surface area contributed by atoms with Crippen molar-refractivity contribution >= 4 is 17.6 Å². The van der Waals surface area contributed by atoms with Crippen LogP contribution in [-0.4, -0.2) is 11.6 Å². The summed E-state index contributed by atoms with van der Waals surface area (Å²) >= 11 is 0. The minimum Gasteiger partial charge on any atom is -0.299 e. The molecule has 0 amide bonds. The summed E-state index contributed by atoms with van der Waals surface area (Å²) in [6.07, 6.45) is 4.80. The summed E-state index contributed by atoms with van der Waals surface area (Å²) in [4.78, 5) is 23.7. The fraction of sp³-hybridized carbons (Fsp3) is 0.444. The molecule has 0 aliphatic rings. The molecule has 1 rings (SSSR count). The van der Waals surface area contributed by atoms with Crippen LogP contribution in [0.4, 0.5) is 0 Å². The molecule has 1 aromatic carbocycles. The van der Waals surface area contributed by atoms with Gasteiger partial charge in [0.1, 0.15) is 5.78 Å². The van der Waals surface area contributed by atoms with Crippen molar-refractivity contribution < 1.29 is 9.59 Å². The zero-order valence-corrected chi connectivity index (χ0v) is 12.9. The number of benzene rings is 1. The van der Waals surface area contributed by atoms with E-state index in [2.05, 4.69) is 0 Å². The van der Waals surface area contributed by atoms with Crippen LogP contribution in [0.1, 0.15) is 51.2 Å². The number of allylic oxidation sites excluding steroid dienone is 1. The van der Waals surface area contributed by atoms with Gasteiger partial charge in [0.15, 0.2) is 5.78 Å². The molecule has 2 nitrogen and oxygen atoms in total. The Bertz CT molecular complexity index is 493. The summed E-state index contributed by atoms with van der Waals surface area (Å²) in [7, 11) is 0. The minimum absolute atomic E-state index is 0.00540. The number of carbonyl (C=O) groups excluding carboxylic acids is 2. The molecular formula is C18H24O2. The van der Waals surface area contributed by atoms with Crippen LogP contribution in [0.3, 0.4) is 0 Å². The number of hydrogen-bond donors (Lipinski definition) is 0. The summed E-state index contributed by atoms with van der Waals surface area (Å²) < 4.78 is 0. The van der Waals surface area contributed by atoms with Crippen LogP contribution >= 0.6 is 0 Å². The van der Waals surface area contributed by atoms with Crippen LogP contribution in [-0.2, 0) is 9.59 Å². The Labute approximate surface area is 121 Å². The van der Waals surface area contributed by atoms with Gasteiger partial charge in [0.2, 0.25) is 0 Å². The maximum absolute atomic E-state index is 11.9. The molecule has 0 aromatic heterocycles. The molecule has 0 fully saturated rings. The van der Waals surface area contributed by atoms with E-state index >= 15 is 0 Å². The Hall–Kier alpha value is -1.70. The predicted octanol–water partition coefficient (Wildman–Crippen LogP) is 4.36. The molecule has 0 N–H and O–H groups in total. The normalized spacial score (nSPS) is 11.8. The van der Waals surface area contributed by atoms with Crippen molar-refractivity contribution in [2.75, 3.05) is 0 Å². The van der Waals surface area contributed by atoms with E-state index in [1.807, 2.05) is 52.0 Å². The second-order valence-corrected chi connectivity index (χ2v) is 5.87. The molecule has 0 saturated carbocycles. The first kappa shape index (κ1) is 16.4. The SMILES string of the molecule is CCC(C)(C)C(=O)CCC(=O)/C=C/c1ccc(C)cc1. The quantitative estimate of drug-likeness (QED) is 0.691. The lowest BCUT2D eigenvalue weighted by atomic mass is 9.83. The molecule has 0 saturated heterocycles.